The van der Waals surface area contributed by atoms with Crippen LogP contribution in [0.2, 0.25) is 0 Å². The maximum absolute atomic E-state index is 13.4. The van der Waals surface area contributed by atoms with Gasteiger partial charge in [-0.3, -0.25) is 4.79 Å². The van der Waals surface area contributed by atoms with Crippen LogP contribution in [0, 0.1) is 0 Å². The Balaban J connectivity index is 1.61. The van der Waals surface area contributed by atoms with Crippen LogP contribution in [0.1, 0.15) is 60.6 Å². The topological polar surface area (TPSA) is 102 Å². The van der Waals surface area contributed by atoms with Crippen molar-refractivity contribution < 1.29 is 27.5 Å². The maximum Gasteiger partial charge on any atom is 0.339 e. The van der Waals surface area contributed by atoms with Crippen molar-refractivity contribution >= 4 is 21.9 Å². The monoisotopic (exact) mass is 486 g/mol. The number of amides is 1. The van der Waals surface area contributed by atoms with E-state index < -0.39 is 28.0 Å². The first kappa shape index (κ1) is 24.2. The van der Waals surface area contributed by atoms with E-state index in [0.29, 0.717) is 18.7 Å². The smallest absolute Gasteiger partial charge is 0.339 e. The Morgan fingerprint density at radius 1 is 1.00 bits per heavy atom. The first-order valence-corrected chi connectivity index (χ1v) is 13.1. The van der Waals surface area contributed by atoms with Gasteiger partial charge in [0.1, 0.15) is 10.6 Å². The number of sulfonamides is 1. The minimum atomic E-state index is -3.87. The van der Waals surface area contributed by atoms with E-state index in [-0.39, 0.29) is 22.3 Å². The van der Waals surface area contributed by atoms with Gasteiger partial charge in [0.15, 0.2) is 0 Å². The fourth-order valence-corrected chi connectivity index (χ4v) is 5.71. The van der Waals surface area contributed by atoms with E-state index in [2.05, 4.69) is 5.32 Å². The number of nitrogens with one attached hydrogen (secondary N) is 1. The highest BCUT2D eigenvalue weighted by Gasteiger charge is 2.33. The zero-order valence-corrected chi connectivity index (χ0v) is 20.1. The Hall–Kier alpha value is -2.91. The molecule has 1 heterocycles. The fraction of sp³-hybridized carbons (Fsp3) is 0.440. The molecule has 1 unspecified atom stereocenters. The van der Waals surface area contributed by atoms with Crippen molar-refractivity contribution in [2.45, 2.75) is 55.6 Å². The molecule has 34 heavy (non-hydrogen) atoms. The third-order valence-electron chi connectivity index (χ3n) is 6.07. The molecule has 182 valence electrons. The van der Waals surface area contributed by atoms with Gasteiger partial charge in [0.2, 0.25) is 16.1 Å². The largest absolute Gasteiger partial charge is 0.495 e. The predicted octanol–water partition coefficient (Wildman–Crippen LogP) is 3.44. The molecule has 1 saturated heterocycles. The quantitative estimate of drug-likeness (QED) is 0.574. The molecule has 8 nitrogen and oxygen atoms in total. The Morgan fingerprint density at radius 2 is 1.68 bits per heavy atom. The minimum absolute atomic E-state index is 0.0364. The maximum atomic E-state index is 13.4. The SMILES string of the molecule is COc1ccc(C(=O)OC(C(=O)NC2CC2)c2ccccc2)cc1S(=O)(=O)N1CCCCCC1. The zero-order valence-electron chi connectivity index (χ0n) is 19.2. The second-order valence-corrected chi connectivity index (χ2v) is 10.6. The molecule has 1 aliphatic carbocycles. The van der Waals surface area contributed by atoms with Crippen LogP contribution in [0.5, 0.6) is 5.75 Å². The second-order valence-electron chi connectivity index (χ2n) is 8.66. The summed E-state index contributed by atoms with van der Waals surface area (Å²) >= 11 is 0. The Labute approximate surface area is 200 Å². The van der Waals surface area contributed by atoms with Crippen molar-refractivity contribution in [1.29, 1.82) is 0 Å². The van der Waals surface area contributed by atoms with E-state index >= 15 is 0 Å². The molecule has 2 aromatic carbocycles. The number of nitrogens with zero attached hydrogens (tertiary/aromatic N) is 1. The normalized spacial score (nSPS) is 17.9. The lowest BCUT2D eigenvalue weighted by molar-refractivity contribution is -0.130. The molecule has 1 atom stereocenters. The van der Waals surface area contributed by atoms with E-state index in [1.165, 1.54) is 29.6 Å². The molecule has 2 aliphatic rings. The van der Waals surface area contributed by atoms with Crippen LogP contribution in [0.4, 0.5) is 0 Å². The standard InChI is InChI=1S/C25H30N2O6S/c1-32-21-14-11-19(17-22(21)34(30,31)27-15-7-2-3-8-16-27)25(29)33-23(18-9-5-4-6-10-18)24(28)26-20-12-13-20/h4-6,9-11,14,17,20,23H,2-3,7-8,12-13,15-16H2,1H3,(H,26,28). The molecule has 0 bridgehead atoms. The van der Waals surface area contributed by atoms with Crippen LogP contribution in [0.25, 0.3) is 0 Å². The highest BCUT2D eigenvalue weighted by molar-refractivity contribution is 7.89. The molecule has 2 fully saturated rings. The van der Waals surface area contributed by atoms with Crippen LogP contribution < -0.4 is 10.1 Å². The summed E-state index contributed by atoms with van der Waals surface area (Å²) in [5.41, 5.74) is 0.578. The summed E-state index contributed by atoms with van der Waals surface area (Å²) in [4.78, 5) is 25.8. The number of esters is 1. The number of benzene rings is 2. The lowest BCUT2D eigenvalue weighted by atomic mass is 10.1. The first-order valence-electron chi connectivity index (χ1n) is 11.6. The van der Waals surface area contributed by atoms with E-state index in [9.17, 15) is 18.0 Å². The molecular weight excluding hydrogens is 456 g/mol. The molecule has 0 spiro atoms. The number of methoxy groups -OCH3 is 1. The summed E-state index contributed by atoms with van der Waals surface area (Å²) in [5, 5.41) is 2.87. The Kier molecular flexibility index (Phi) is 7.53. The third-order valence-corrected chi connectivity index (χ3v) is 7.99. The van der Waals surface area contributed by atoms with Gasteiger partial charge < -0.3 is 14.8 Å². The van der Waals surface area contributed by atoms with Crippen molar-refractivity contribution in [2.75, 3.05) is 20.2 Å². The van der Waals surface area contributed by atoms with E-state index in [0.717, 1.165) is 38.5 Å². The van der Waals surface area contributed by atoms with Crippen LogP contribution in [-0.4, -0.2) is 50.8 Å². The molecule has 1 N–H and O–H groups in total. The Morgan fingerprint density at radius 3 is 2.29 bits per heavy atom. The fourth-order valence-electron chi connectivity index (χ4n) is 4.01. The molecule has 1 saturated carbocycles. The summed E-state index contributed by atoms with van der Waals surface area (Å²) in [6, 6.07) is 13.0. The number of hydrogen-bond acceptors (Lipinski definition) is 6. The summed E-state index contributed by atoms with van der Waals surface area (Å²) in [6.07, 6.45) is 4.21. The summed E-state index contributed by atoms with van der Waals surface area (Å²) in [6.45, 7) is 0.856. The number of ether oxygens (including phenoxy) is 2. The van der Waals surface area contributed by atoms with Gasteiger partial charge in [-0.15, -0.1) is 0 Å². The number of rotatable bonds is 8. The van der Waals surface area contributed by atoms with E-state index in [4.69, 9.17) is 9.47 Å². The molecule has 9 heteroatoms. The zero-order chi connectivity index (χ0) is 24.1. The first-order chi connectivity index (χ1) is 16.4. The molecule has 2 aromatic rings. The molecule has 0 radical (unpaired) electrons. The van der Waals surface area contributed by atoms with Gasteiger partial charge in [-0.25, -0.2) is 13.2 Å². The van der Waals surface area contributed by atoms with Gasteiger partial charge in [0.05, 0.1) is 12.7 Å². The lowest BCUT2D eigenvalue weighted by Crippen LogP contribution is -2.34. The number of carbonyl (C=O) groups excluding carboxylic acids is 2. The van der Waals surface area contributed by atoms with Gasteiger partial charge in [-0.2, -0.15) is 4.31 Å². The van der Waals surface area contributed by atoms with Crippen molar-refractivity contribution in [1.82, 2.24) is 9.62 Å². The van der Waals surface area contributed by atoms with Crippen molar-refractivity contribution in [2.24, 2.45) is 0 Å². The number of hydrogen-bond donors (Lipinski definition) is 1. The second kappa shape index (κ2) is 10.6. The molecule has 0 aromatic heterocycles. The van der Waals surface area contributed by atoms with E-state index in [1.54, 1.807) is 24.3 Å². The van der Waals surface area contributed by atoms with Crippen LogP contribution >= 0.6 is 0 Å². The summed E-state index contributed by atoms with van der Waals surface area (Å²) in [5.74, 6) is -1.02. The highest BCUT2D eigenvalue weighted by Crippen LogP contribution is 2.31. The van der Waals surface area contributed by atoms with Gasteiger partial charge >= 0.3 is 5.97 Å². The van der Waals surface area contributed by atoms with Crippen LogP contribution in [-0.2, 0) is 19.6 Å². The predicted molar refractivity (Wildman–Crippen MR) is 126 cm³/mol. The van der Waals surface area contributed by atoms with Crippen LogP contribution in [0.3, 0.4) is 0 Å². The van der Waals surface area contributed by atoms with Gasteiger partial charge in [0.25, 0.3) is 5.91 Å². The highest BCUT2D eigenvalue weighted by atomic mass is 32.2. The van der Waals surface area contributed by atoms with Crippen molar-refractivity contribution in [3.63, 3.8) is 0 Å². The third kappa shape index (κ3) is 5.59. The average molecular weight is 487 g/mol. The summed E-state index contributed by atoms with van der Waals surface area (Å²) in [7, 11) is -2.48. The van der Waals surface area contributed by atoms with Gasteiger partial charge in [0, 0.05) is 24.7 Å². The van der Waals surface area contributed by atoms with Crippen LogP contribution in [0.15, 0.2) is 53.4 Å². The van der Waals surface area contributed by atoms with Crippen molar-refractivity contribution in [3.05, 3.63) is 59.7 Å². The molecule has 4 rings (SSSR count). The van der Waals surface area contributed by atoms with Gasteiger partial charge in [-0.1, -0.05) is 43.2 Å². The van der Waals surface area contributed by atoms with E-state index in [1.807, 2.05) is 6.07 Å². The lowest BCUT2D eigenvalue weighted by Gasteiger charge is -2.22. The molecular formula is C25H30N2O6S. The Bertz CT molecular complexity index is 1120. The minimum Gasteiger partial charge on any atom is -0.495 e. The van der Waals surface area contributed by atoms with Gasteiger partial charge in [-0.05, 0) is 43.9 Å². The number of carbonyl (C=O) groups is 2. The summed E-state index contributed by atoms with van der Waals surface area (Å²) < 4.78 is 39.2. The van der Waals surface area contributed by atoms with Crippen molar-refractivity contribution in [3.8, 4) is 5.75 Å². The molecule has 1 amide bonds. The molecule has 1 aliphatic heterocycles. The average Bonchev–Trinajstić information content (AvgIpc) is 3.69.